The number of rotatable bonds is 31. The van der Waals surface area contributed by atoms with Crippen LogP contribution in [0.3, 0.4) is 0 Å². The maximum Gasteiger partial charge on any atom is 0.0942 e. The summed E-state index contributed by atoms with van der Waals surface area (Å²) in [5.41, 5.74) is 5.29. The van der Waals surface area contributed by atoms with E-state index in [0.717, 1.165) is 52.4 Å². The highest BCUT2D eigenvalue weighted by molar-refractivity contribution is 5.78. The lowest BCUT2D eigenvalue weighted by molar-refractivity contribution is 0.0898. The van der Waals surface area contributed by atoms with Crippen molar-refractivity contribution >= 4 is 22.7 Å². The van der Waals surface area contributed by atoms with Gasteiger partial charge in [0.25, 0.3) is 0 Å². The molecule has 0 saturated heterocycles. The molecule has 0 bridgehead atoms. The maximum atomic E-state index is 2.75. The minimum Gasteiger partial charge on any atom is -0.370 e. The lowest BCUT2D eigenvalue weighted by atomic mass is 10.1. The first-order valence-corrected chi connectivity index (χ1v) is 21.3. The number of para-hydroxylation sites is 1. The van der Waals surface area contributed by atoms with Crippen molar-refractivity contribution in [3.63, 3.8) is 0 Å². The zero-order valence-electron chi connectivity index (χ0n) is 34.3. The van der Waals surface area contributed by atoms with E-state index in [1.165, 1.54) is 125 Å². The van der Waals surface area contributed by atoms with E-state index in [1.54, 1.807) is 0 Å². The highest BCUT2D eigenvalue weighted by atomic mass is 15.9. The molecule has 0 unspecified atom stereocenters. The third-order valence-electron chi connectivity index (χ3n) is 9.76. The van der Waals surface area contributed by atoms with Gasteiger partial charge in [0, 0.05) is 52.4 Å². The summed E-state index contributed by atoms with van der Waals surface area (Å²) in [5, 5.41) is 13.3. The molecule has 286 valence electrons. The van der Waals surface area contributed by atoms with E-state index in [4.69, 9.17) is 0 Å². The molecular weight excluding hydrogens is 613 g/mol. The van der Waals surface area contributed by atoms with Crippen molar-refractivity contribution in [1.29, 1.82) is 0 Å². The van der Waals surface area contributed by atoms with Crippen LogP contribution in [0.2, 0.25) is 0 Å². The first-order chi connectivity index (χ1) is 24.5. The van der Waals surface area contributed by atoms with Crippen LogP contribution in [0.15, 0.2) is 48.5 Å². The molecule has 0 aromatic heterocycles. The fourth-order valence-corrected chi connectivity index (χ4v) is 6.60. The number of hydrogen-bond donors (Lipinski definition) is 0. The van der Waals surface area contributed by atoms with Gasteiger partial charge < -0.3 is 4.90 Å². The van der Waals surface area contributed by atoms with Gasteiger partial charge in [-0.05, 0) is 81.7 Å². The lowest BCUT2D eigenvalue weighted by Gasteiger charge is -2.46. The van der Waals surface area contributed by atoms with Crippen molar-refractivity contribution in [2.45, 2.75) is 158 Å². The van der Waals surface area contributed by atoms with Gasteiger partial charge in [-0.1, -0.05) is 125 Å². The molecule has 0 spiro atoms. The van der Waals surface area contributed by atoms with Gasteiger partial charge in [0.05, 0.1) is 22.7 Å². The Kier molecular flexibility index (Phi) is 24.0. The normalized spacial score (nSPS) is 11.7. The molecule has 0 saturated carbocycles. The molecule has 0 N–H and O–H groups in total. The zero-order valence-corrected chi connectivity index (χ0v) is 34.3. The van der Waals surface area contributed by atoms with Crippen LogP contribution >= 0.6 is 0 Å². The van der Waals surface area contributed by atoms with E-state index >= 15 is 0 Å². The van der Waals surface area contributed by atoms with Crippen LogP contribution in [0.25, 0.3) is 0 Å². The molecule has 0 aliphatic heterocycles. The standard InChI is InChI=1S/C44H80N6/c1-9-17-32-45(33-18-10-2)44-40-42(49(41-28-26-25-27-29-41)46(34-19-11-3)35-20-12-4)30-31-43(44)50(47(36-21-13-5)37-22-14-6)48(38-23-15-7)39-24-16-8/h25-31,40H,9-24,32-39H2,1-8H3. The predicted molar refractivity (Wildman–Crippen MR) is 224 cm³/mol. The quantitative estimate of drug-likeness (QED) is 0.0727. The summed E-state index contributed by atoms with van der Waals surface area (Å²) in [7, 11) is 0. The fraction of sp³-hybridized carbons (Fsp3) is 0.727. The molecule has 0 aliphatic rings. The van der Waals surface area contributed by atoms with Crippen LogP contribution in [-0.4, -0.2) is 67.4 Å². The van der Waals surface area contributed by atoms with Crippen molar-refractivity contribution in [3.05, 3.63) is 48.5 Å². The van der Waals surface area contributed by atoms with Crippen LogP contribution in [-0.2, 0) is 0 Å². The second-order valence-corrected chi connectivity index (χ2v) is 14.3. The van der Waals surface area contributed by atoms with E-state index in [1.807, 2.05) is 0 Å². The van der Waals surface area contributed by atoms with Crippen LogP contribution in [0.5, 0.6) is 0 Å². The second-order valence-electron chi connectivity index (χ2n) is 14.3. The van der Waals surface area contributed by atoms with Gasteiger partial charge in [-0.25, -0.2) is 20.1 Å². The molecule has 0 amide bonds. The topological polar surface area (TPSA) is 19.4 Å². The van der Waals surface area contributed by atoms with E-state index in [-0.39, 0.29) is 0 Å². The Balaban J connectivity index is 2.96. The third-order valence-corrected chi connectivity index (χ3v) is 9.76. The summed E-state index contributed by atoms with van der Waals surface area (Å²) >= 11 is 0. The van der Waals surface area contributed by atoms with Crippen LogP contribution < -0.4 is 15.0 Å². The Morgan fingerprint density at radius 2 is 0.740 bits per heavy atom. The number of unbranched alkanes of at least 4 members (excludes halogenated alkanes) is 8. The first-order valence-electron chi connectivity index (χ1n) is 21.3. The highest BCUT2D eigenvalue weighted by Gasteiger charge is 2.28. The monoisotopic (exact) mass is 693 g/mol. The van der Waals surface area contributed by atoms with Gasteiger partial charge in [0.1, 0.15) is 0 Å². The smallest absolute Gasteiger partial charge is 0.0942 e. The summed E-state index contributed by atoms with van der Waals surface area (Å²) in [6.45, 7) is 27.4. The number of benzene rings is 2. The van der Waals surface area contributed by atoms with Crippen molar-refractivity contribution in [2.75, 3.05) is 67.4 Å². The third kappa shape index (κ3) is 14.8. The molecule has 6 heteroatoms. The summed E-state index contributed by atoms with van der Waals surface area (Å²) < 4.78 is 0. The lowest BCUT2D eigenvalue weighted by Crippen LogP contribution is -2.55. The average molecular weight is 693 g/mol. The molecule has 2 aromatic rings. The second kappa shape index (κ2) is 27.4. The molecule has 0 atom stereocenters. The number of nitrogens with zero attached hydrogens (tertiary/aromatic N) is 6. The van der Waals surface area contributed by atoms with Crippen LogP contribution in [0, 0.1) is 0 Å². The molecule has 2 aromatic carbocycles. The van der Waals surface area contributed by atoms with Gasteiger partial charge >= 0.3 is 0 Å². The molecule has 0 heterocycles. The highest BCUT2D eigenvalue weighted by Crippen LogP contribution is 2.39. The van der Waals surface area contributed by atoms with Gasteiger partial charge in [0.15, 0.2) is 0 Å². The predicted octanol–water partition coefficient (Wildman–Crippen LogP) is 12.5. The summed E-state index contributed by atoms with van der Waals surface area (Å²) in [4.78, 5) is 2.75. The molecular formula is C44H80N6. The van der Waals surface area contributed by atoms with E-state index in [2.05, 4.69) is 134 Å². The number of hydrogen-bond acceptors (Lipinski definition) is 6. The molecule has 50 heavy (non-hydrogen) atoms. The molecule has 6 nitrogen and oxygen atoms in total. The van der Waals surface area contributed by atoms with Crippen molar-refractivity contribution < 1.29 is 0 Å². The van der Waals surface area contributed by atoms with Crippen LogP contribution in [0.1, 0.15) is 158 Å². The van der Waals surface area contributed by atoms with Crippen molar-refractivity contribution in [3.8, 4) is 0 Å². The van der Waals surface area contributed by atoms with E-state index in [9.17, 15) is 0 Å². The molecule has 2 rings (SSSR count). The zero-order chi connectivity index (χ0) is 36.4. The summed E-state index contributed by atoms with van der Waals surface area (Å²) in [6, 6.07) is 18.7. The first kappa shape index (κ1) is 43.9. The van der Waals surface area contributed by atoms with Gasteiger partial charge in [-0.3, -0.25) is 5.01 Å². The minimum absolute atomic E-state index is 1.06. The Labute approximate surface area is 311 Å². The minimum atomic E-state index is 1.06. The van der Waals surface area contributed by atoms with Crippen LogP contribution in [0.4, 0.5) is 22.7 Å². The van der Waals surface area contributed by atoms with Crippen molar-refractivity contribution in [2.24, 2.45) is 0 Å². The molecule has 0 radical (unpaired) electrons. The van der Waals surface area contributed by atoms with E-state index < -0.39 is 0 Å². The molecule has 0 aliphatic carbocycles. The van der Waals surface area contributed by atoms with E-state index in [0.29, 0.717) is 0 Å². The maximum absolute atomic E-state index is 2.75. The average Bonchev–Trinajstić information content (AvgIpc) is 3.15. The Hall–Kier alpha value is -2.28. The SMILES string of the molecule is CCCCN(CCCC)c1cc(N(c2ccccc2)N(CCCC)CCCC)ccc1N(N(CCCC)CCCC)N(CCCC)CCCC. The number of anilines is 4. The Morgan fingerprint density at radius 1 is 0.360 bits per heavy atom. The van der Waals surface area contributed by atoms with Gasteiger partial charge in [-0.15, -0.1) is 0 Å². The van der Waals surface area contributed by atoms with Crippen molar-refractivity contribution in [1.82, 2.24) is 15.0 Å². The Morgan fingerprint density at radius 3 is 1.14 bits per heavy atom. The van der Waals surface area contributed by atoms with Gasteiger partial charge in [-0.2, -0.15) is 0 Å². The summed E-state index contributed by atoms with van der Waals surface area (Å²) in [5.74, 6) is 0. The Bertz CT molecular complexity index is 1030. The van der Waals surface area contributed by atoms with Gasteiger partial charge in [0.2, 0.25) is 0 Å². The summed E-state index contributed by atoms with van der Waals surface area (Å²) in [6.07, 6.45) is 19.3. The largest absolute Gasteiger partial charge is 0.370 e. The fourth-order valence-electron chi connectivity index (χ4n) is 6.60. The molecule has 0 fully saturated rings. The number of hydrazine groups is 3.